The van der Waals surface area contributed by atoms with Crippen LogP contribution in [0.4, 0.5) is 10.1 Å². The molecule has 29 heavy (non-hydrogen) atoms. The highest BCUT2D eigenvalue weighted by Crippen LogP contribution is 2.29. The molecule has 1 aromatic carbocycles. The highest BCUT2D eigenvalue weighted by atomic mass is 35.5. The molecule has 0 spiro atoms. The second kappa shape index (κ2) is 8.23. The zero-order valence-electron chi connectivity index (χ0n) is 15.1. The van der Waals surface area contributed by atoms with E-state index >= 15 is 0 Å². The van der Waals surface area contributed by atoms with Crippen molar-refractivity contribution in [1.82, 2.24) is 4.72 Å². The lowest BCUT2D eigenvalue weighted by molar-refractivity contribution is -0.118. The van der Waals surface area contributed by atoms with Gasteiger partial charge in [0, 0.05) is 11.4 Å². The molecule has 0 aliphatic carbocycles. The molecule has 0 bridgehead atoms. The predicted molar refractivity (Wildman–Crippen MR) is 109 cm³/mol. The van der Waals surface area contributed by atoms with E-state index in [9.17, 15) is 22.4 Å². The number of carbonyl (C=O) groups excluding carboxylic acids is 1. The van der Waals surface area contributed by atoms with Gasteiger partial charge in [-0.2, -0.15) is 4.72 Å². The smallest absolute Gasteiger partial charge is 0.335 e. The average Bonchev–Trinajstić information content (AvgIpc) is 3.21. The lowest BCUT2D eigenvalue weighted by Gasteiger charge is -2.18. The molecule has 1 fully saturated rings. The number of sulfonamides is 1. The zero-order chi connectivity index (χ0) is 21.3. The van der Waals surface area contributed by atoms with Crippen molar-refractivity contribution in [3.05, 3.63) is 56.3 Å². The van der Waals surface area contributed by atoms with Gasteiger partial charge in [0.1, 0.15) is 11.9 Å². The first-order valence-electron chi connectivity index (χ1n) is 8.38. The number of hydrogen-bond acceptors (Lipinski definition) is 5. The number of allylic oxidation sites excluding steroid dienone is 1. The van der Waals surface area contributed by atoms with Gasteiger partial charge in [0.25, 0.3) is 0 Å². The van der Waals surface area contributed by atoms with E-state index in [0.717, 1.165) is 16.4 Å². The molecule has 154 valence electrons. The van der Waals surface area contributed by atoms with Crippen LogP contribution >= 0.6 is 22.9 Å². The normalized spacial score (nSPS) is 17.8. The van der Waals surface area contributed by atoms with Crippen molar-refractivity contribution in [1.29, 1.82) is 0 Å². The Morgan fingerprint density at radius 2 is 2.10 bits per heavy atom. The Morgan fingerprint density at radius 3 is 2.69 bits per heavy atom. The fraction of sp³-hybridized carbons (Fsp3) is 0.222. The Bertz CT molecular complexity index is 1110. The summed E-state index contributed by atoms with van der Waals surface area (Å²) in [5.41, 5.74) is 0.123. The van der Waals surface area contributed by atoms with Gasteiger partial charge in [-0.15, -0.1) is 11.3 Å². The van der Waals surface area contributed by atoms with Crippen LogP contribution in [0, 0.1) is 5.82 Å². The maximum Gasteiger partial charge on any atom is 0.335 e. The summed E-state index contributed by atoms with van der Waals surface area (Å²) in [5.74, 6) is -2.77. The van der Waals surface area contributed by atoms with Crippen molar-refractivity contribution in [3.8, 4) is 0 Å². The van der Waals surface area contributed by atoms with Crippen LogP contribution in [0.5, 0.6) is 0 Å². The van der Waals surface area contributed by atoms with Crippen molar-refractivity contribution in [2.75, 3.05) is 11.4 Å². The lowest BCUT2D eigenvalue weighted by atomic mass is 10.2. The SMILES string of the molecule is CC(=CS(=O)(=O)NC1CCN(c2ccc(C(=O)O)cc2F)C1=O)c1ccc(Cl)s1. The molecule has 1 amide bonds. The minimum atomic E-state index is -3.94. The summed E-state index contributed by atoms with van der Waals surface area (Å²) in [4.78, 5) is 25.3. The number of carboxylic acid groups (broad SMARTS) is 1. The van der Waals surface area contributed by atoms with Gasteiger partial charge < -0.3 is 10.0 Å². The van der Waals surface area contributed by atoms with E-state index in [0.29, 0.717) is 14.8 Å². The molecule has 1 atom stereocenters. The summed E-state index contributed by atoms with van der Waals surface area (Å²) in [6.45, 7) is 1.71. The van der Waals surface area contributed by atoms with Crippen molar-refractivity contribution in [2.24, 2.45) is 0 Å². The van der Waals surface area contributed by atoms with Gasteiger partial charge in [0.15, 0.2) is 0 Å². The minimum Gasteiger partial charge on any atom is -0.478 e. The summed E-state index contributed by atoms with van der Waals surface area (Å²) in [5, 5.41) is 9.93. The highest BCUT2D eigenvalue weighted by Gasteiger charge is 2.36. The van der Waals surface area contributed by atoms with Crippen LogP contribution in [0.3, 0.4) is 0 Å². The summed E-state index contributed by atoms with van der Waals surface area (Å²) in [6, 6.07) is 5.50. The summed E-state index contributed by atoms with van der Waals surface area (Å²) < 4.78 is 41.9. The molecule has 11 heteroatoms. The number of amides is 1. The molecular weight excluding hydrogens is 443 g/mol. The van der Waals surface area contributed by atoms with Gasteiger partial charge in [-0.05, 0) is 49.2 Å². The van der Waals surface area contributed by atoms with E-state index in [-0.39, 0.29) is 24.2 Å². The second-order valence-corrected chi connectivity index (χ2v) is 9.65. The summed E-state index contributed by atoms with van der Waals surface area (Å²) in [7, 11) is -3.94. The molecule has 1 aliphatic heterocycles. The van der Waals surface area contributed by atoms with E-state index in [2.05, 4.69) is 4.72 Å². The van der Waals surface area contributed by atoms with E-state index in [1.165, 1.54) is 23.5 Å². The number of nitrogens with zero attached hydrogens (tertiary/aromatic N) is 1. The quantitative estimate of drug-likeness (QED) is 0.691. The molecule has 2 N–H and O–H groups in total. The number of rotatable bonds is 6. The first-order chi connectivity index (χ1) is 13.6. The third kappa shape index (κ3) is 4.84. The van der Waals surface area contributed by atoms with Gasteiger partial charge in [-0.25, -0.2) is 17.6 Å². The largest absolute Gasteiger partial charge is 0.478 e. The minimum absolute atomic E-state index is 0.0957. The number of halogens is 2. The Hall–Kier alpha value is -2.27. The van der Waals surface area contributed by atoms with Gasteiger partial charge in [-0.3, -0.25) is 4.79 Å². The van der Waals surface area contributed by atoms with Crippen LogP contribution in [0.2, 0.25) is 4.34 Å². The van der Waals surface area contributed by atoms with E-state index in [1.807, 2.05) is 0 Å². The van der Waals surface area contributed by atoms with Crippen molar-refractivity contribution in [3.63, 3.8) is 0 Å². The summed E-state index contributed by atoms with van der Waals surface area (Å²) >= 11 is 7.09. The number of thiophene rings is 1. The van der Waals surface area contributed by atoms with Gasteiger partial charge in [0.2, 0.25) is 15.9 Å². The van der Waals surface area contributed by atoms with Crippen LogP contribution in [0.1, 0.15) is 28.6 Å². The number of carbonyl (C=O) groups is 2. The number of carboxylic acids is 1. The van der Waals surface area contributed by atoms with Crippen molar-refractivity contribution < 1.29 is 27.5 Å². The maximum absolute atomic E-state index is 14.2. The number of benzene rings is 1. The van der Waals surface area contributed by atoms with Crippen molar-refractivity contribution >= 4 is 56.1 Å². The van der Waals surface area contributed by atoms with E-state index < -0.39 is 33.8 Å². The van der Waals surface area contributed by atoms with Gasteiger partial charge in [0.05, 0.1) is 21.0 Å². The number of hydrogen-bond donors (Lipinski definition) is 2. The topological polar surface area (TPSA) is 104 Å². The Kier molecular flexibility index (Phi) is 6.08. The second-order valence-electron chi connectivity index (χ2n) is 6.37. The Labute approximate surface area is 175 Å². The van der Waals surface area contributed by atoms with Gasteiger partial charge >= 0.3 is 5.97 Å². The molecular formula is C18H16ClFN2O5S2. The average molecular weight is 459 g/mol. The standard InChI is InChI=1S/C18H16ClFN2O5S2/c1-10(15-4-5-16(19)28-15)9-29(26,27)21-13-6-7-22(17(13)23)14-3-2-11(18(24)25)8-12(14)20/h2-5,8-9,13,21H,6-7H2,1H3,(H,24,25). The van der Waals surface area contributed by atoms with Gasteiger partial charge in [-0.1, -0.05) is 11.6 Å². The molecule has 3 rings (SSSR count). The van der Waals surface area contributed by atoms with Crippen molar-refractivity contribution in [2.45, 2.75) is 19.4 Å². The molecule has 7 nitrogen and oxygen atoms in total. The Balaban J connectivity index is 1.75. The van der Waals surface area contributed by atoms with Crippen LogP contribution in [0.25, 0.3) is 5.57 Å². The van der Waals surface area contributed by atoms with Crippen LogP contribution < -0.4 is 9.62 Å². The number of aromatic carboxylic acids is 1. The third-order valence-corrected chi connectivity index (χ3v) is 6.93. The Morgan fingerprint density at radius 1 is 1.38 bits per heavy atom. The van der Waals surface area contributed by atoms with Crippen LogP contribution in [-0.4, -0.2) is 38.0 Å². The van der Waals surface area contributed by atoms with Crippen LogP contribution in [0.15, 0.2) is 35.7 Å². The first-order valence-corrected chi connectivity index (χ1v) is 11.1. The van der Waals surface area contributed by atoms with E-state index in [1.54, 1.807) is 19.1 Å². The first kappa shape index (κ1) is 21.4. The molecule has 0 saturated carbocycles. The van der Waals surface area contributed by atoms with E-state index in [4.69, 9.17) is 16.7 Å². The molecule has 1 unspecified atom stereocenters. The van der Waals surface area contributed by atoms with Crippen LogP contribution in [-0.2, 0) is 14.8 Å². The molecule has 2 aromatic rings. The third-order valence-electron chi connectivity index (χ3n) is 4.29. The monoisotopic (exact) mass is 458 g/mol. The molecule has 1 aromatic heterocycles. The zero-order valence-corrected chi connectivity index (χ0v) is 17.4. The molecule has 1 aliphatic rings. The molecule has 0 radical (unpaired) electrons. The fourth-order valence-corrected chi connectivity index (χ4v) is 5.30. The fourth-order valence-electron chi connectivity index (χ4n) is 2.94. The molecule has 1 saturated heterocycles. The maximum atomic E-state index is 14.2. The number of anilines is 1. The predicted octanol–water partition coefficient (Wildman–Crippen LogP) is 3.32. The molecule has 2 heterocycles. The highest BCUT2D eigenvalue weighted by molar-refractivity contribution is 7.92. The summed E-state index contributed by atoms with van der Waals surface area (Å²) in [6.07, 6.45) is 0.149. The lowest BCUT2D eigenvalue weighted by Crippen LogP contribution is -2.41. The number of nitrogens with one attached hydrogen (secondary N) is 1.